The van der Waals surface area contributed by atoms with E-state index in [9.17, 15) is 23.2 Å². The van der Waals surface area contributed by atoms with E-state index in [0.29, 0.717) is 0 Å². The summed E-state index contributed by atoms with van der Waals surface area (Å²) in [7, 11) is 0. The molecule has 138 valence electrons. The van der Waals surface area contributed by atoms with Gasteiger partial charge in [0.15, 0.2) is 0 Å². The van der Waals surface area contributed by atoms with Crippen LogP contribution in [0.3, 0.4) is 0 Å². The first-order valence-electron chi connectivity index (χ1n) is 7.43. The molecule has 2 N–H and O–H groups in total. The van der Waals surface area contributed by atoms with Crippen molar-refractivity contribution in [3.8, 4) is 6.07 Å². The van der Waals surface area contributed by atoms with E-state index < -0.39 is 28.6 Å². The van der Waals surface area contributed by atoms with Gasteiger partial charge in [0.25, 0.3) is 0 Å². The van der Waals surface area contributed by atoms with E-state index in [2.05, 4.69) is 0 Å². The number of rotatable bonds is 3. The van der Waals surface area contributed by atoms with Crippen LogP contribution in [0.5, 0.6) is 0 Å². The monoisotopic (exact) mass is 386 g/mol. The Bertz CT molecular complexity index is 854. The molecule has 0 saturated heterocycles. The van der Waals surface area contributed by atoms with Gasteiger partial charge in [-0.2, -0.15) is 18.4 Å². The van der Waals surface area contributed by atoms with Crippen molar-refractivity contribution in [1.29, 1.82) is 5.26 Å². The van der Waals surface area contributed by atoms with Gasteiger partial charge in [0, 0.05) is 0 Å². The number of nitriles is 1. The predicted molar refractivity (Wildman–Crippen MR) is 86.4 cm³/mol. The molecule has 0 saturated carbocycles. The van der Waals surface area contributed by atoms with Gasteiger partial charge in [0.05, 0.1) is 28.7 Å². The van der Waals surface area contributed by atoms with Gasteiger partial charge in [-0.15, -0.1) is 0 Å². The number of esters is 1. The van der Waals surface area contributed by atoms with Crippen molar-refractivity contribution < 1.29 is 27.4 Å². The highest BCUT2D eigenvalue weighted by molar-refractivity contribution is 6.31. The molecule has 1 unspecified atom stereocenters. The number of carbonyl (C=O) groups excluding carboxylic acids is 1. The van der Waals surface area contributed by atoms with Gasteiger partial charge in [0.2, 0.25) is 5.88 Å². The lowest BCUT2D eigenvalue weighted by Gasteiger charge is -2.27. The summed E-state index contributed by atoms with van der Waals surface area (Å²) < 4.78 is 49.7. The number of nitrogens with zero attached hydrogens (tertiary/aromatic N) is 1. The molecule has 0 spiro atoms. The van der Waals surface area contributed by atoms with Gasteiger partial charge in [-0.05, 0) is 31.5 Å². The maximum Gasteiger partial charge on any atom is 0.417 e. The van der Waals surface area contributed by atoms with Gasteiger partial charge in [-0.1, -0.05) is 17.7 Å². The van der Waals surface area contributed by atoms with Gasteiger partial charge >= 0.3 is 12.1 Å². The number of carbonyl (C=O) groups is 1. The minimum Gasteiger partial charge on any atom is -0.463 e. The summed E-state index contributed by atoms with van der Waals surface area (Å²) >= 11 is 5.65. The van der Waals surface area contributed by atoms with E-state index in [1.807, 2.05) is 0 Å². The first-order chi connectivity index (χ1) is 12.1. The van der Waals surface area contributed by atoms with Crippen molar-refractivity contribution in [2.24, 2.45) is 5.73 Å². The Morgan fingerprint density at radius 2 is 2.12 bits per heavy atom. The highest BCUT2D eigenvalue weighted by Crippen LogP contribution is 2.42. The Kier molecular flexibility index (Phi) is 5.52. The molecule has 0 fully saturated rings. The second-order valence-corrected chi connectivity index (χ2v) is 5.76. The van der Waals surface area contributed by atoms with Gasteiger partial charge < -0.3 is 15.2 Å². The van der Waals surface area contributed by atoms with Crippen LogP contribution in [0.15, 0.2) is 41.0 Å². The fourth-order valence-electron chi connectivity index (χ4n) is 2.63. The van der Waals surface area contributed by atoms with Crippen LogP contribution in [0.2, 0.25) is 5.02 Å². The third kappa shape index (κ3) is 3.63. The number of allylic oxidation sites excluding steroid dienone is 2. The van der Waals surface area contributed by atoms with E-state index in [0.717, 1.165) is 12.1 Å². The molecule has 26 heavy (non-hydrogen) atoms. The summed E-state index contributed by atoms with van der Waals surface area (Å²) in [6, 6.07) is 4.93. The van der Waals surface area contributed by atoms with Crippen LogP contribution in [-0.2, 0) is 20.4 Å². The standard InChI is InChI=1S/C17H14ClF3N2O3/c1-3-25-16(24)13-8(2)26-15(23)10(7-22)14(13)9-4-5-12(18)11(6-9)17(19,20)21/h4-6,14H,3,23H2,1-2H3. The number of ether oxygens (including phenoxy) is 2. The molecule has 0 aromatic heterocycles. The molecular formula is C17H14ClF3N2O3. The first-order valence-corrected chi connectivity index (χ1v) is 7.81. The van der Waals surface area contributed by atoms with Crippen molar-refractivity contribution in [3.05, 3.63) is 57.1 Å². The average molecular weight is 387 g/mol. The zero-order valence-corrected chi connectivity index (χ0v) is 14.5. The van der Waals surface area contributed by atoms with Crippen LogP contribution in [0.25, 0.3) is 0 Å². The maximum atomic E-state index is 13.2. The number of alkyl halides is 3. The molecule has 1 aliphatic rings. The topological polar surface area (TPSA) is 85.3 Å². The summed E-state index contributed by atoms with van der Waals surface area (Å²) in [4.78, 5) is 12.3. The van der Waals surface area contributed by atoms with Crippen LogP contribution >= 0.6 is 11.6 Å². The van der Waals surface area contributed by atoms with Crippen molar-refractivity contribution >= 4 is 17.6 Å². The van der Waals surface area contributed by atoms with Crippen molar-refractivity contribution in [2.45, 2.75) is 25.9 Å². The Labute approximate surface area is 152 Å². The normalized spacial score (nSPS) is 17.7. The summed E-state index contributed by atoms with van der Waals surface area (Å²) in [6.07, 6.45) is -4.71. The number of hydrogen-bond acceptors (Lipinski definition) is 5. The van der Waals surface area contributed by atoms with Crippen LogP contribution in [0.4, 0.5) is 13.2 Å². The minimum atomic E-state index is -4.71. The minimum absolute atomic E-state index is 0.0203. The fraction of sp³-hybridized carbons (Fsp3) is 0.294. The van der Waals surface area contributed by atoms with Gasteiger partial charge in [0.1, 0.15) is 17.4 Å². The summed E-state index contributed by atoms with van der Waals surface area (Å²) in [5, 5.41) is 8.90. The molecule has 1 heterocycles. The average Bonchev–Trinajstić information content (AvgIpc) is 2.53. The second kappa shape index (κ2) is 7.30. The van der Waals surface area contributed by atoms with Crippen LogP contribution in [-0.4, -0.2) is 12.6 Å². The summed E-state index contributed by atoms with van der Waals surface area (Å²) in [6.45, 7) is 3.03. The number of benzene rings is 1. The Balaban J connectivity index is 2.70. The van der Waals surface area contributed by atoms with Crippen molar-refractivity contribution in [3.63, 3.8) is 0 Å². The van der Waals surface area contributed by atoms with Crippen LogP contribution < -0.4 is 5.73 Å². The molecule has 0 aliphatic carbocycles. The molecule has 0 radical (unpaired) electrons. The third-order valence-corrected chi connectivity index (χ3v) is 4.06. The lowest BCUT2D eigenvalue weighted by atomic mass is 9.82. The van der Waals surface area contributed by atoms with Crippen molar-refractivity contribution in [2.75, 3.05) is 6.61 Å². The number of halogens is 4. The number of hydrogen-bond donors (Lipinski definition) is 1. The highest BCUT2D eigenvalue weighted by Gasteiger charge is 2.39. The third-order valence-electron chi connectivity index (χ3n) is 3.73. The van der Waals surface area contributed by atoms with E-state index in [1.165, 1.54) is 13.0 Å². The SMILES string of the molecule is CCOC(=O)C1=C(C)OC(N)=C(C#N)C1c1ccc(Cl)c(C(F)(F)F)c1. The molecule has 1 aromatic carbocycles. The zero-order chi connectivity index (χ0) is 19.6. The van der Waals surface area contributed by atoms with Crippen LogP contribution in [0, 0.1) is 11.3 Å². The number of nitrogens with two attached hydrogens (primary N) is 1. The fourth-order valence-corrected chi connectivity index (χ4v) is 2.85. The molecule has 1 aromatic rings. The van der Waals surface area contributed by atoms with Crippen molar-refractivity contribution in [1.82, 2.24) is 0 Å². The van der Waals surface area contributed by atoms with E-state index in [1.54, 1.807) is 13.0 Å². The molecule has 0 bridgehead atoms. The molecule has 5 nitrogen and oxygen atoms in total. The maximum absolute atomic E-state index is 13.2. The molecule has 2 rings (SSSR count). The largest absolute Gasteiger partial charge is 0.463 e. The molecule has 9 heteroatoms. The lowest BCUT2D eigenvalue weighted by Crippen LogP contribution is -2.25. The zero-order valence-electron chi connectivity index (χ0n) is 13.8. The molecular weight excluding hydrogens is 373 g/mol. The highest BCUT2D eigenvalue weighted by atomic mass is 35.5. The first kappa shape index (κ1) is 19.7. The Hall–Kier alpha value is -2.66. The molecule has 0 amide bonds. The Morgan fingerprint density at radius 1 is 1.46 bits per heavy atom. The molecule has 1 atom stereocenters. The smallest absolute Gasteiger partial charge is 0.417 e. The molecule has 1 aliphatic heterocycles. The van der Waals surface area contributed by atoms with E-state index >= 15 is 0 Å². The van der Waals surface area contributed by atoms with Gasteiger partial charge in [-0.25, -0.2) is 4.79 Å². The van der Waals surface area contributed by atoms with E-state index in [4.69, 9.17) is 26.8 Å². The Morgan fingerprint density at radius 3 is 2.65 bits per heavy atom. The van der Waals surface area contributed by atoms with E-state index in [-0.39, 0.29) is 35.0 Å². The van der Waals surface area contributed by atoms with Gasteiger partial charge in [-0.3, -0.25) is 0 Å². The summed E-state index contributed by atoms with van der Waals surface area (Å²) in [5.41, 5.74) is 4.36. The second-order valence-electron chi connectivity index (χ2n) is 5.35. The predicted octanol–water partition coefficient (Wildman–Crippen LogP) is 4.00. The lowest BCUT2D eigenvalue weighted by molar-refractivity contribution is -0.139. The van der Waals surface area contributed by atoms with Crippen LogP contribution in [0.1, 0.15) is 30.9 Å². The summed E-state index contributed by atoms with van der Waals surface area (Å²) in [5.74, 6) is -2.20. The quantitative estimate of drug-likeness (QED) is 0.793.